The second-order valence-electron chi connectivity index (χ2n) is 5.02. The minimum atomic E-state index is 0.965. The quantitative estimate of drug-likeness (QED) is 0.570. The van der Waals surface area contributed by atoms with Crippen LogP contribution < -0.4 is 10.4 Å². The number of hydrogen-bond acceptors (Lipinski definition) is 2. The van der Waals surface area contributed by atoms with Crippen molar-refractivity contribution < 1.29 is 0 Å². The van der Waals surface area contributed by atoms with Crippen LogP contribution in [0.25, 0.3) is 34.2 Å². The lowest BCUT2D eigenvalue weighted by Gasteiger charge is -2.01. The summed E-state index contributed by atoms with van der Waals surface area (Å²) in [6, 6.07) is 12.4. The molecular weight excluding hydrogens is 232 g/mol. The number of benzene rings is 2. The molecule has 2 aromatic carbocycles. The van der Waals surface area contributed by atoms with Crippen molar-refractivity contribution in [2.24, 2.45) is 0 Å². The van der Waals surface area contributed by atoms with Gasteiger partial charge in [0.2, 0.25) is 0 Å². The Kier molecular flexibility index (Phi) is 2.34. The summed E-state index contributed by atoms with van der Waals surface area (Å²) in [6.45, 7) is 0. The van der Waals surface area contributed by atoms with Crippen LogP contribution in [0.3, 0.4) is 0 Å². The molecule has 0 saturated heterocycles. The molecule has 1 heterocycles. The lowest BCUT2D eigenvalue weighted by atomic mass is 10.2. The van der Waals surface area contributed by atoms with Gasteiger partial charge in [-0.2, -0.15) is 0 Å². The fourth-order valence-electron chi connectivity index (χ4n) is 2.69. The van der Waals surface area contributed by atoms with Crippen LogP contribution in [-0.2, 0) is 0 Å². The van der Waals surface area contributed by atoms with Crippen molar-refractivity contribution in [1.82, 2.24) is 9.97 Å². The Morgan fingerprint density at radius 1 is 0.684 bits per heavy atom. The third kappa shape index (κ3) is 1.80. The van der Waals surface area contributed by atoms with Crippen LogP contribution in [0.15, 0.2) is 36.4 Å². The molecule has 0 bridgehead atoms. The Labute approximate surface area is 111 Å². The van der Waals surface area contributed by atoms with Gasteiger partial charge in [0.15, 0.2) is 0 Å². The van der Waals surface area contributed by atoms with E-state index in [9.17, 15) is 0 Å². The molecule has 0 atom stereocenters. The molecule has 0 amide bonds. The average molecular weight is 246 g/mol. The van der Waals surface area contributed by atoms with E-state index in [1.165, 1.54) is 16.9 Å². The van der Waals surface area contributed by atoms with E-state index in [-0.39, 0.29) is 0 Å². The van der Waals surface area contributed by atoms with Gasteiger partial charge >= 0.3 is 0 Å². The zero-order chi connectivity index (χ0) is 12.7. The molecule has 0 fully saturated rings. The first-order valence-electron chi connectivity index (χ1n) is 6.77. The van der Waals surface area contributed by atoms with E-state index in [0.717, 1.165) is 34.9 Å². The highest BCUT2D eigenvalue weighted by Crippen LogP contribution is 2.13. The average Bonchev–Trinajstić information content (AvgIpc) is 2.67. The van der Waals surface area contributed by atoms with Crippen molar-refractivity contribution in [2.45, 2.75) is 19.3 Å². The van der Waals surface area contributed by atoms with E-state index in [1.807, 2.05) is 24.3 Å². The van der Waals surface area contributed by atoms with Crippen molar-refractivity contribution in [3.63, 3.8) is 0 Å². The fourth-order valence-corrected chi connectivity index (χ4v) is 2.69. The zero-order valence-corrected chi connectivity index (χ0v) is 10.6. The summed E-state index contributed by atoms with van der Waals surface area (Å²) in [5, 5.41) is 2.60. The standard InChI is InChI=1S/C17H14N2/c1-2-6-12-10-16-17(11-13(12)7-3-1)19-15-9-5-4-8-14(15)18-16/h4-11H,1-3H2. The maximum absolute atomic E-state index is 4.72. The van der Waals surface area contributed by atoms with E-state index in [2.05, 4.69) is 24.3 Å². The summed E-state index contributed by atoms with van der Waals surface area (Å²) in [5.41, 5.74) is 3.91. The summed E-state index contributed by atoms with van der Waals surface area (Å²) in [5.74, 6) is 0. The van der Waals surface area contributed by atoms with Crippen LogP contribution in [0.5, 0.6) is 0 Å². The summed E-state index contributed by atoms with van der Waals surface area (Å²) in [6.07, 6.45) is 8.16. The third-order valence-electron chi connectivity index (χ3n) is 3.68. The minimum absolute atomic E-state index is 0.965. The minimum Gasteiger partial charge on any atom is -0.244 e. The highest BCUT2D eigenvalue weighted by Gasteiger charge is 2.02. The van der Waals surface area contributed by atoms with Crippen molar-refractivity contribution in [2.75, 3.05) is 0 Å². The van der Waals surface area contributed by atoms with Gasteiger partial charge in [-0.15, -0.1) is 0 Å². The van der Waals surface area contributed by atoms with Gasteiger partial charge in [-0.1, -0.05) is 24.3 Å². The topological polar surface area (TPSA) is 25.8 Å². The van der Waals surface area contributed by atoms with Crippen LogP contribution in [-0.4, -0.2) is 9.97 Å². The van der Waals surface area contributed by atoms with Gasteiger partial charge in [-0.25, -0.2) is 9.97 Å². The molecule has 2 nitrogen and oxygen atoms in total. The number of rotatable bonds is 0. The Morgan fingerprint density at radius 3 is 1.74 bits per heavy atom. The monoisotopic (exact) mass is 246 g/mol. The molecule has 92 valence electrons. The van der Waals surface area contributed by atoms with Crippen LogP contribution >= 0.6 is 0 Å². The van der Waals surface area contributed by atoms with Gasteiger partial charge in [0.1, 0.15) is 0 Å². The van der Waals surface area contributed by atoms with E-state index < -0.39 is 0 Å². The maximum Gasteiger partial charge on any atom is 0.0900 e. The Hall–Kier alpha value is -2.22. The van der Waals surface area contributed by atoms with Crippen LogP contribution in [0, 0.1) is 0 Å². The summed E-state index contributed by atoms with van der Waals surface area (Å²) in [4.78, 5) is 9.44. The number of fused-ring (bicyclic) bond motifs is 3. The summed E-state index contributed by atoms with van der Waals surface area (Å²) in [7, 11) is 0. The maximum atomic E-state index is 4.72. The molecule has 2 heteroatoms. The molecule has 0 saturated carbocycles. The predicted molar refractivity (Wildman–Crippen MR) is 79.1 cm³/mol. The molecule has 1 aliphatic rings. The van der Waals surface area contributed by atoms with Crippen molar-refractivity contribution >= 4 is 34.2 Å². The Balaban J connectivity index is 2.15. The molecule has 0 spiro atoms. The molecule has 3 aromatic rings. The lowest BCUT2D eigenvalue weighted by Crippen LogP contribution is -2.23. The van der Waals surface area contributed by atoms with Crippen molar-refractivity contribution in [3.05, 3.63) is 46.8 Å². The van der Waals surface area contributed by atoms with Crippen LogP contribution in [0.2, 0.25) is 0 Å². The highest BCUT2D eigenvalue weighted by atomic mass is 14.8. The first-order chi connectivity index (χ1) is 9.40. The molecule has 4 rings (SSSR count). The molecular formula is C17H14N2. The molecule has 0 N–H and O–H groups in total. The van der Waals surface area contributed by atoms with Crippen molar-refractivity contribution in [3.8, 4) is 0 Å². The van der Waals surface area contributed by atoms with E-state index in [1.54, 1.807) is 0 Å². The lowest BCUT2D eigenvalue weighted by molar-refractivity contribution is 0.925. The SMILES string of the molecule is C1=c2cc3nc4ccccc4nc3cc2=CCCC1. The van der Waals surface area contributed by atoms with Gasteiger partial charge < -0.3 is 0 Å². The van der Waals surface area contributed by atoms with Gasteiger partial charge in [0.05, 0.1) is 22.1 Å². The zero-order valence-electron chi connectivity index (χ0n) is 10.6. The molecule has 19 heavy (non-hydrogen) atoms. The molecule has 0 unspecified atom stereocenters. The second-order valence-corrected chi connectivity index (χ2v) is 5.02. The normalized spacial score (nSPS) is 14.5. The molecule has 0 aliphatic heterocycles. The van der Waals surface area contributed by atoms with E-state index in [4.69, 9.17) is 9.97 Å². The van der Waals surface area contributed by atoms with E-state index in [0.29, 0.717) is 0 Å². The first kappa shape index (κ1) is 10.7. The predicted octanol–water partition coefficient (Wildman–Crippen LogP) is 2.53. The first-order valence-corrected chi connectivity index (χ1v) is 6.77. The number of hydrogen-bond donors (Lipinski definition) is 0. The number of para-hydroxylation sites is 2. The van der Waals surface area contributed by atoms with Gasteiger partial charge in [0, 0.05) is 0 Å². The van der Waals surface area contributed by atoms with Gasteiger partial charge in [-0.3, -0.25) is 0 Å². The van der Waals surface area contributed by atoms with Crippen molar-refractivity contribution in [1.29, 1.82) is 0 Å². The number of aromatic nitrogens is 2. The number of nitrogens with zero attached hydrogens (tertiary/aromatic N) is 2. The Bertz CT molecular complexity index is 820. The summed E-state index contributed by atoms with van der Waals surface area (Å²) < 4.78 is 0. The van der Waals surface area contributed by atoms with Crippen LogP contribution in [0.4, 0.5) is 0 Å². The van der Waals surface area contributed by atoms with Gasteiger partial charge in [-0.05, 0) is 54.0 Å². The third-order valence-corrected chi connectivity index (χ3v) is 3.68. The van der Waals surface area contributed by atoms with Crippen LogP contribution in [0.1, 0.15) is 19.3 Å². The summed E-state index contributed by atoms with van der Waals surface area (Å²) >= 11 is 0. The second kappa shape index (κ2) is 4.16. The smallest absolute Gasteiger partial charge is 0.0900 e. The molecule has 1 aromatic heterocycles. The fraction of sp³-hybridized carbons (Fsp3) is 0.176. The van der Waals surface area contributed by atoms with Gasteiger partial charge in [0.25, 0.3) is 0 Å². The largest absolute Gasteiger partial charge is 0.244 e. The molecule has 0 radical (unpaired) electrons. The molecule has 1 aliphatic carbocycles. The van der Waals surface area contributed by atoms with E-state index >= 15 is 0 Å². The Morgan fingerprint density at radius 2 is 1.21 bits per heavy atom. The highest BCUT2D eigenvalue weighted by molar-refractivity contribution is 5.86.